The molecule has 0 aromatic carbocycles. The number of carbonyl (C=O) groups excluding carboxylic acids is 1. The van der Waals surface area contributed by atoms with Crippen molar-refractivity contribution in [1.82, 2.24) is 0 Å². The molecule has 0 spiro atoms. The number of aliphatic carboxylic acids is 4. The van der Waals surface area contributed by atoms with Crippen LogP contribution in [0.15, 0.2) is 0 Å². The fraction of sp³-hybridized carbons (Fsp3) is 0.167. The molecule has 0 aliphatic heterocycles. The molecule has 0 fully saturated rings. The first-order valence-corrected chi connectivity index (χ1v) is 3.17. The van der Waals surface area contributed by atoms with Crippen molar-refractivity contribution in [2.75, 3.05) is 0 Å². The smallest absolute Gasteiger partial charge is 0.374 e. The Morgan fingerprint density at radius 2 is 0.933 bits per heavy atom. The summed E-state index contributed by atoms with van der Waals surface area (Å²) in [5.41, 5.74) is -4.01. The van der Waals surface area contributed by atoms with Gasteiger partial charge in [-0.15, -0.1) is 0 Å². The highest BCUT2D eigenvalue weighted by atomic mass is 16.4. The van der Waals surface area contributed by atoms with Crippen molar-refractivity contribution in [3.05, 3.63) is 0 Å². The molecule has 0 unspecified atom stereocenters. The molecule has 0 atom stereocenters. The van der Waals surface area contributed by atoms with Gasteiger partial charge in [0.15, 0.2) is 0 Å². The molecule has 4 N–H and O–H groups in total. The van der Waals surface area contributed by atoms with E-state index in [0.29, 0.717) is 0 Å². The lowest BCUT2D eigenvalue weighted by atomic mass is 9.83. The predicted molar refractivity (Wildman–Crippen MR) is 38.0 cm³/mol. The minimum Gasteiger partial charge on any atom is -0.480 e. The van der Waals surface area contributed by atoms with E-state index in [1.54, 1.807) is 0 Å². The summed E-state index contributed by atoms with van der Waals surface area (Å²) in [5, 5.41) is 33.1. The van der Waals surface area contributed by atoms with Gasteiger partial charge in [0.05, 0.1) is 0 Å². The van der Waals surface area contributed by atoms with Crippen LogP contribution < -0.4 is 0 Å². The number of carboxylic acids is 4. The lowest BCUT2D eigenvalue weighted by Crippen LogP contribution is -2.55. The lowest BCUT2D eigenvalue weighted by molar-refractivity contribution is -0.181. The Kier molecular flexibility index (Phi) is 3.13. The predicted octanol–water partition coefficient (Wildman–Crippen LogP) is -2.12. The normalized spacial score (nSPS) is 10.4. The number of rotatable bonds is 5. The van der Waals surface area contributed by atoms with Crippen molar-refractivity contribution >= 4 is 29.7 Å². The van der Waals surface area contributed by atoms with E-state index >= 15 is 0 Å². The van der Waals surface area contributed by atoms with Crippen molar-refractivity contribution in [2.24, 2.45) is 5.41 Å². The number of Topliss-reactive ketones (excluding diaryl/α,β-unsaturated/α-hetero) is 1. The number of carbonyl (C=O) groups is 5. The highest BCUT2D eigenvalue weighted by Gasteiger charge is 2.63. The maximum absolute atomic E-state index is 10.7. The first-order chi connectivity index (χ1) is 6.68. The Morgan fingerprint density at radius 3 is 1.00 bits per heavy atom. The number of carboxylic acid groups (broad SMARTS) is 4. The molecule has 0 saturated heterocycles. The molecule has 0 aromatic heterocycles. The SMILES string of the molecule is O=C(O)C(=O)C(C(=O)O)(C(=O)O)C(=O)O. The molecule has 0 aliphatic rings. The summed E-state index contributed by atoms with van der Waals surface area (Å²) < 4.78 is 0. The van der Waals surface area contributed by atoms with Crippen LogP contribution in [0, 0.1) is 5.41 Å². The van der Waals surface area contributed by atoms with Crippen LogP contribution in [-0.2, 0) is 24.0 Å². The molecule has 9 nitrogen and oxygen atoms in total. The van der Waals surface area contributed by atoms with Gasteiger partial charge in [-0.2, -0.15) is 0 Å². The molecule has 0 amide bonds. The van der Waals surface area contributed by atoms with E-state index in [1.165, 1.54) is 0 Å². The molecule has 9 heteroatoms. The number of hydrogen-bond donors (Lipinski definition) is 4. The summed E-state index contributed by atoms with van der Waals surface area (Å²) >= 11 is 0. The van der Waals surface area contributed by atoms with Gasteiger partial charge < -0.3 is 20.4 Å². The Morgan fingerprint density at radius 1 is 0.667 bits per heavy atom. The average molecular weight is 220 g/mol. The van der Waals surface area contributed by atoms with Gasteiger partial charge in [0, 0.05) is 0 Å². The molecule has 82 valence electrons. The lowest BCUT2D eigenvalue weighted by Gasteiger charge is -2.15. The van der Waals surface area contributed by atoms with Crippen LogP contribution in [0.2, 0.25) is 0 Å². The second-order valence-electron chi connectivity index (χ2n) is 2.30. The highest BCUT2D eigenvalue weighted by Crippen LogP contribution is 2.20. The summed E-state index contributed by atoms with van der Waals surface area (Å²) in [6.45, 7) is 0. The molecule has 0 saturated carbocycles. The van der Waals surface area contributed by atoms with Crippen molar-refractivity contribution in [2.45, 2.75) is 0 Å². The standard InChI is InChI=1S/C6H4O9/c7-1(2(8)9)6(3(10)11,4(12)13)5(14)15/h(H,8,9)(H,10,11)(H,12,13)(H,14,15). The summed E-state index contributed by atoms with van der Waals surface area (Å²) in [6.07, 6.45) is 0. The third kappa shape index (κ3) is 1.61. The van der Waals surface area contributed by atoms with Crippen molar-refractivity contribution in [1.29, 1.82) is 0 Å². The zero-order chi connectivity index (χ0) is 12.4. The molecule has 0 heterocycles. The summed E-state index contributed by atoms with van der Waals surface area (Å²) in [5.74, 6) is -12.6. The summed E-state index contributed by atoms with van der Waals surface area (Å²) in [7, 11) is 0. The highest BCUT2D eigenvalue weighted by molar-refractivity contribution is 6.50. The Bertz CT molecular complexity index is 329. The molecule has 0 rings (SSSR count). The van der Waals surface area contributed by atoms with E-state index in [-0.39, 0.29) is 0 Å². The molecule has 0 aromatic rings. The van der Waals surface area contributed by atoms with Gasteiger partial charge in [0.1, 0.15) is 0 Å². The second kappa shape index (κ2) is 3.74. The minimum atomic E-state index is -4.01. The molecule has 0 bridgehead atoms. The Hall–Kier alpha value is -2.45. The number of hydrogen-bond acceptors (Lipinski definition) is 5. The fourth-order valence-corrected chi connectivity index (χ4v) is 0.726. The van der Waals surface area contributed by atoms with Crippen LogP contribution in [0.25, 0.3) is 0 Å². The number of ketones is 1. The van der Waals surface area contributed by atoms with Gasteiger partial charge in [-0.3, -0.25) is 4.79 Å². The maximum Gasteiger partial charge on any atom is 0.374 e. The van der Waals surface area contributed by atoms with Gasteiger partial charge in [0.25, 0.3) is 5.78 Å². The first kappa shape index (κ1) is 12.6. The van der Waals surface area contributed by atoms with E-state index < -0.39 is 35.1 Å². The summed E-state index contributed by atoms with van der Waals surface area (Å²) in [4.78, 5) is 52.1. The minimum absolute atomic E-state index is 2.45. The third-order valence-corrected chi connectivity index (χ3v) is 1.50. The van der Waals surface area contributed by atoms with E-state index in [0.717, 1.165) is 0 Å². The van der Waals surface area contributed by atoms with E-state index in [4.69, 9.17) is 20.4 Å². The monoisotopic (exact) mass is 220 g/mol. The Labute approximate surface area is 80.5 Å². The van der Waals surface area contributed by atoms with E-state index in [2.05, 4.69) is 0 Å². The van der Waals surface area contributed by atoms with Gasteiger partial charge in [0.2, 0.25) is 0 Å². The van der Waals surface area contributed by atoms with Crippen molar-refractivity contribution in [3.63, 3.8) is 0 Å². The third-order valence-electron chi connectivity index (χ3n) is 1.50. The molecule has 0 aliphatic carbocycles. The van der Waals surface area contributed by atoms with Crippen LogP contribution in [0.5, 0.6) is 0 Å². The van der Waals surface area contributed by atoms with Gasteiger partial charge in [-0.25, -0.2) is 19.2 Å². The second-order valence-corrected chi connectivity index (χ2v) is 2.30. The first-order valence-electron chi connectivity index (χ1n) is 3.17. The topological polar surface area (TPSA) is 166 Å². The fourth-order valence-electron chi connectivity index (χ4n) is 0.726. The zero-order valence-electron chi connectivity index (χ0n) is 6.83. The van der Waals surface area contributed by atoms with Gasteiger partial charge in [-0.05, 0) is 0 Å². The largest absolute Gasteiger partial charge is 0.480 e. The van der Waals surface area contributed by atoms with Crippen LogP contribution in [0.3, 0.4) is 0 Å². The molecule has 0 radical (unpaired) electrons. The Balaban J connectivity index is 5.87. The van der Waals surface area contributed by atoms with Crippen LogP contribution >= 0.6 is 0 Å². The van der Waals surface area contributed by atoms with Gasteiger partial charge >= 0.3 is 29.3 Å². The van der Waals surface area contributed by atoms with Crippen LogP contribution in [0.4, 0.5) is 0 Å². The quantitative estimate of drug-likeness (QED) is 0.299. The van der Waals surface area contributed by atoms with Gasteiger partial charge in [-0.1, -0.05) is 0 Å². The van der Waals surface area contributed by atoms with E-state index in [1.807, 2.05) is 0 Å². The molecular weight excluding hydrogens is 216 g/mol. The van der Waals surface area contributed by atoms with Crippen LogP contribution in [0.1, 0.15) is 0 Å². The zero-order valence-corrected chi connectivity index (χ0v) is 6.83. The van der Waals surface area contributed by atoms with Crippen molar-refractivity contribution < 1.29 is 44.4 Å². The van der Waals surface area contributed by atoms with Crippen LogP contribution in [-0.4, -0.2) is 50.1 Å². The molecule has 15 heavy (non-hydrogen) atoms. The maximum atomic E-state index is 10.7. The molecular formula is C6H4O9. The van der Waals surface area contributed by atoms with E-state index in [9.17, 15) is 24.0 Å². The van der Waals surface area contributed by atoms with Crippen molar-refractivity contribution in [3.8, 4) is 0 Å². The average Bonchev–Trinajstić information content (AvgIpc) is 2.02. The summed E-state index contributed by atoms with van der Waals surface area (Å²) in [6, 6.07) is 0.